The minimum Gasteiger partial charge on any atom is -0.434 e. The van der Waals surface area contributed by atoms with E-state index in [1.54, 1.807) is 0 Å². The van der Waals surface area contributed by atoms with Crippen molar-refractivity contribution < 1.29 is 9.53 Å². The van der Waals surface area contributed by atoms with Crippen molar-refractivity contribution in [1.29, 1.82) is 0 Å². The van der Waals surface area contributed by atoms with Crippen LogP contribution in [0.2, 0.25) is 0 Å². The highest BCUT2D eigenvalue weighted by atomic mass is 35.5. The predicted octanol–water partition coefficient (Wildman–Crippen LogP) is 3.38. The zero-order valence-electron chi connectivity index (χ0n) is 7.88. The van der Waals surface area contributed by atoms with Crippen molar-refractivity contribution in [2.75, 3.05) is 0 Å². The third-order valence-electron chi connectivity index (χ3n) is 1.43. The molecule has 0 aliphatic carbocycles. The number of carbonyl (C=O) groups excluding carboxylic acids is 1. The highest BCUT2D eigenvalue weighted by Crippen LogP contribution is 2.02. The van der Waals surface area contributed by atoms with E-state index >= 15 is 0 Å². The van der Waals surface area contributed by atoms with Crippen LogP contribution in [-0.2, 0) is 9.53 Å². The van der Waals surface area contributed by atoms with Gasteiger partial charge in [0.05, 0.1) is 6.26 Å². The molecule has 0 saturated heterocycles. The van der Waals surface area contributed by atoms with Crippen LogP contribution in [0.1, 0.15) is 32.6 Å². The van der Waals surface area contributed by atoms with Crippen molar-refractivity contribution in [2.24, 2.45) is 0 Å². The van der Waals surface area contributed by atoms with Crippen LogP contribution < -0.4 is 0 Å². The van der Waals surface area contributed by atoms with Crippen molar-refractivity contribution in [3.8, 4) is 0 Å². The number of unbranched alkanes of at least 4 members (excludes halogenated alkanes) is 2. The number of ether oxygens (including phenoxy) is 1. The summed E-state index contributed by atoms with van der Waals surface area (Å²) in [6.45, 7) is 5.50. The Labute approximate surface area is 84.2 Å². The number of halogens is 1. The molecule has 0 N–H and O–H groups in total. The molecular formula is C10H15ClO2. The van der Waals surface area contributed by atoms with Gasteiger partial charge < -0.3 is 4.74 Å². The number of hydrogen-bond acceptors (Lipinski definition) is 2. The molecule has 0 spiro atoms. The van der Waals surface area contributed by atoms with Gasteiger partial charge in [-0.05, 0) is 12.5 Å². The van der Waals surface area contributed by atoms with E-state index in [1.807, 2.05) is 0 Å². The van der Waals surface area contributed by atoms with Gasteiger partial charge in [0.25, 0.3) is 0 Å². The van der Waals surface area contributed by atoms with Gasteiger partial charge in [-0.3, -0.25) is 4.79 Å². The van der Waals surface area contributed by atoms with Crippen LogP contribution >= 0.6 is 11.6 Å². The second-order valence-electron chi connectivity index (χ2n) is 2.70. The van der Waals surface area contributed by atoms with Crippen molar-refractivity contribution >= 4 is 17.6 Å². The predicted molar refractivity (Wildman–Crippen MR) is 54.4 cm³/mol. The van der Waals surface area contributed by atoms with Gasteiger partial charge in [0.15, 0.2) is 0 Å². The average molecular weight is 203 g/mol. The lowest BCUT2D eigenvalue weighted by molar-refractivity contribution is -0.138. The third-order valence-corrected chi connectivity index (χ3v) is 1.56. The molecule has 0 radical (unpaired) electrons. The van der Waals surface area contributed by atoms with E-state index in [4.69, 9.17) is 16.3 Å². The van der Waals surface area contributed by atoms with Crippen LogP contribution in [0.3, 0.4) is 0 Å². The van der Waals surface area contributed by atoms with Crippen LogP contribution in [0.25, 0.3) is 0 Å². The number of allylic oxidation sites excluding steroid dienone is 2. The largest absolute Gasteiger partial charge is 0.434 e. The lowest BCUT2D eigenvalue weighted by Gasteiger charge is -1.97. The highest BCUT2D eigenvalue weighted by molar-refractivity contribution is 6.30. The van der Waals surface area contributed by atoms with Crippen molar-refractivity contribution in [2.45, 2.75) is 32.6 Å². The van der Waals surface area contributed by atoms with Crippen molar-refractivity contribution in [1.82, 2.24) is 0 Å². The van der Waals surface area contributed by atoms with Crippen molar-refractivity contribution in [3.05, 3.63) is 23.9 Å². The molecule has 0 atom stereocenters. The molecule has 0 unspecified atom stereocenters. The topological polar surface area (TPSA) is 26.3 Å². The van der Waals surface area contributed by atoms with Gasteiger partial charge in [-0.25, -0.2) is 0 Å². The second kappa shape index (κ2) is 7.87. The van der Waals surface area contributed by atoms with Gasteiger partial charge >= 0.3 is 5.97 Å². The minimum absolute atomic E-state index is 0.220. The molecule has 0 aromatic rings. The highest BCUT2D eigenvalue weighted by Gasteiger charge is 1.98. The van der Waals surface area contributed by atoms with Gasteiger partial charge in [0.2, 0.25) is 0 Å². The van der Waals surface area contributed by atoms with Crippen LogP contribution in [0, 0.1) is 0 Å². The molecular weight excluding hydrogens is 188 g/mol. The van der Waals surface area contributed by atoms with Gasteiger partial charge in [0.1, 0.15) is 0 Å². The molecule has 0 heterocycles. The summed E-state index contributed by atoms with van der Waals surface area (Å²) >= 11 is 5.42. The second-order valence-corrected chi connectivity index (χ2v) is 3.18. The summed E-state index contributed by atoms with van der Waals surface area (Å²) in [5.74, 6) is -0.220. The van der Waals surface area contributed by atoms with Crippen LogP contribution in [0.5, 0.6) is 0 Å². The molecule has 0 aliphatic heterocycles. The smallest absolute Gasteiger partial charge is 0.310 e. The Morgan fingerprint density at radius 2 is 2.23 bits per heavy atom. The Kier molecular flexibility index (Phi) is 7.41. The molecule has 13 heavy (non-hydrogen) atoms. The summed E-state index contributed by atoms with van der Waals surface area (Å²) in [7, 11) is 0. The lowest BCUT2D eigenvalue weighted by Crippen LogP contribution is -1.98. The lowest BCUT2D eigenvalue weighted by atomic mass is 10.2. The fraction of sp³-hybridized carbons (Fsp3) is 0.500. The maximum atomic E-state index is 11.0. The molecule has 0 bridgehead atoms. The minimum atomic E-state index is -0.220. The van der Waals surface area contributed by atoms with Crippen LogP contribution in [0.4, 0.5) is 0 Å². The summed E-state index contributed by atoms with van der Waals surface area (Å²) in [4.78, 5) is 11.0. The fourth-order valence-electron chi connectivity index (χ4n) is 0.762. The van der Waals surface area contributed by atoms with Crippen LogP contribution in [-0.4, -0.2) is 5.97 Å². The Morgan fingerprint density at radius 1 is 1.54 bits per heavy atom. The van der Waals surface area contributed by atoms with E-state index in [1.165, 1.54) is 12.3 Å². The first-order chi connectivity index (χ1) is 6.16. The molecule has 0 aliphatic rings. The van der Waals surface area contributed by atoms with Crippen LogP contribution in [0.15, 0.2) is 23.9 Å². The quantitative estimate of drug-likeness (QED) is 0.286. The number of esters is 1. The molecule has 0 rings (SSSR count). The number of rotatable bonds is 6. The normalized spacial score (nSPS) is 10.3. The molecule has 3 heteroatoms. The monoisotopic (exact) mass is 202 g/mol. The molecule has 0 aromatic carbocycles. The first-order valence-electron chi connectivity index (χ1n) is 4.37. The maximum Gasteiger partial charge on any atom is 0.310 e. The summed E-state index contributed by atoms with van der Waals surface area (Å²) in [5, 5.41) is 0.348. The first-order valence-corrected chi connectivity index (χ1v) is 4.75. The van der Waals surface area contributed by atoms with E-state index in [2.05, 4.69) is 13.5 Å². The van der Waals surface area contributed by atoms with Crippen molar-refractivity contribution in [3.63, 3.8) is 0 Å². The molecule has 0 amide bonds. The summed E-state index contributed by atoms with van der Waals surface area (Å²) < 4.78 is 4.73. The zero-order chi connectivity index (χ0) is 10.1. The van der Waals surface area contributed by atoms with E-state index in [0.29, 0.717) is 11.5 Å². The molecule has 0 fully saturated rings. The molecule has 0 saturated carbocycles. The summed E-state index contributed by atoms with van der Waals surface area (Å²) in [6.07, 6.45) is 6.21. The Balaban J connectivity index is 3.46. The maximum absolute atomic E-state index is 11.0. The van der Waals surface area contributed by atoms with E-state index in [9.17, 15) is 4.79 Å². The average Bonchev–Trinajstić information content (AvgIpc) is 2.04. The Hall–Kier alpha value is -0.760. The Bertz CT molecular complexity index is 197. The molecule has 2 nitrogen and oxygen atoms in total. The summed E-state index contributed by atoms with van der Waals surface area (Å²) in [6, 6.07) is 0. The molecule has 74 valence electrons. The standard InChI is InChI=1S/C10H15ClO2/c1-3-4-5-6-10(12)13-8-7-9(2)11/h7-8H,2-6H2,1H3. The van der Waals surface area contributed by atoms with Gasteiger partial charge in [-0.1, -0.05) is 37.9 Å². The Morgan fingerprint density at radius 3 is 2.77 bits per heavy atom. The zero-order valence-corrected chi connectivity index (χ0v) is 8.64. The van der Waals surface area contributed by atoms with Gasteiger partial charge in [-0.2, -0.15) is 0 Å². The number of hydrogen-bond donors (Lipinski definition) is 0. The first kappa shape index (κ1) is 12.2. The number of carbonyl (C=O) groups is 1. The van der Waals surface area contributed by atoms with Gasteiger partial charge in [-0.15, -0.1) is 0 Å². The third kappa shape index (κ3) is 9.15. The van der Waals surface area contributed by atoms with E-state index < -0.39 is 0 Å². The fourth-order valence-corrected chi connectivity index (χ4v) is 0.813. The SMILES string of the molecule is C=C(Cl)C=COC(=O)CCCCC. The van der Waals surface area contributed by atoms with Gasteiger partial charge in [0, 0.05) is 11.5 Å². The molecule has 0 aromatic heterocycles. The van der Waals surface area contributed by atoms with E-state index in [-0.39, 0.29) is 5.97 Å². The summed E-state index contributed by atoms with van der Waals surface area (Å²) in [5.41, 5.74) is 0. The van der Waals surface area contributed by atoms with E-state index in [0.717, 1.165) is 19.3 Å².